The Hall–Kier alpha value is -4.14. The zero-order chi connectivity index (χ0) is 24.8. The first-order valence-electron chi connectivity index (χ1n) is 10.8. The van der Waals surface area contributed by atoms with Gasteiger partial charge in [0.15, 0.2) is 6.61 Å². The number of ether oxygens (including phenoxy) is 2. The van der Waals surface area contributed by atoms with Crippen molar-refractivity contribution >= 4 is 34.5 Å². The molecule has 178 valence electrons. The molecule has 0 bridgehead atoms. The molecule has 0 saturated heterocycles. The summed E-state index contributed by atoms with van der Waals surface area (Å²) in [5.41, 5.74) is 7.86. The number of carbonyl (C=O) groups excluding carboxylic acids is 4. The molecular weight excluding hydrogens is 438 g/mol. The number of nitrogens with two attached hydrogens (primary N) is 1. The molecule has 0 saturated carbocycles. The Morgan fingerprint density at radius 1 is 1.06 bits per heavy atom. The van der Waals surface area contributed by atoms with E-state index in [9.17, 15) is 19.2 Å². The molecule has 0 spiro atoms. The smallest absolute Gasteiger partial charge is 0.328 e. The molecular formula is C25H27N3O6. The summed E-state index contributed by atoms with van der Waals surface area (Å²) in [5, 5.41) is 2.89. The van der Waals surface area contributed by atoms with Gasteiger partial charge >= 0.3 is 5.97 Å². The van der Waals surface area contributed by atoms with Gasteiger partial charge in [-0.15, -0.1) is 0 Å². The molecule has 0 radical (unpaired) electrons. The van der Waals surface area contributed by atoms with Gasteiger partial charge in [-0.25, -0.2) is 4.79 Å². The lowest BCUT2D eigenvalue weighted by Crippen LogP contribution is -2.41. The number of rotatable bonds is 10. The van der Waals surface area contributed by atoms with Gasteiger partial charge in [0.05, 0.1) is 23.6 Å². The Balaban J connectivity index is 2.04. The summed E-state index contributed by atoms with van der Waals surface area (Å²) in [6.45, 7) is 3.43. The topological polar surface area (TPSA) is 130 Å². The highest BCUT2D eigenvalue weighted by Crippen LogP contribution is 2.35. The molecule has 0 aliphatic carbocycles. The maximum Gasteiger partial charge on any atom is 0.328 e. The van der Waals surface area contributed by atoms with Crippen molar-refractivity contribution in [3.05, 3.63) is 65.4 Å². The molecule has 0 unspecified atom stereocenters. The van der Waals surface area contributed by atoms with E-state index in [4.69, 9.17) is 10.5 Å². The number of methoxy groups -OCH3 is 1. The lowest BCUT2D eigenvalue weighted by Gasteiger charge is -2.13. The number of hydrogen-bond acceptors (Lipinski definition) is 6. The first-order valence-corrected chi connectivity index (χ1v) is 10.8. The van der Waals surface area contributed by atoms with Gasteiger partial charge in [0, 0.05) is 12.2 Å². The van der Waals surface area contributed by atoms with Crippen molar-refractivity contribution in [2.75, 3.05) is 13.7 Å². The van der Waals surface area contributed by atoms with E-state index >= 15 is 0 Å². The first kappa shape index (κ1) is 24.5. The fourth-order valence-corrected chi connectivity index (χ4v) is 3.88. The highest BCUT2D eigenvalue weighted by Gasteiger charge is 2.27. The van der Waals surface area contributed by atoms with Crippen LogP contribution in [0.1, 0.15) is 35.5 Å². The second kappa shape index (κ2) is 10.7. The van der Waals surface area contributed by atoms with Crippen molar-refractivity contribution in [2.24, 2.45) is 5.73 Å². The van der Waals surface area contributed by atoms with E-state index in [2.05, 4.69) is 10.1 Å². The van der Waals surface area contributed by atoms with Crippen LogP contribution < -0.4 is 15.8 Å². The monoisotopic (exact) mass is 465 g/mol. The summed E-state index contributed by atoms with van der Waals surface area (Å²) in [7, 11) is 1.23. The van der Waals surface area contributed by atoms with Crippen molar-refractivity contribution in [3.63, 3.8) is 0 Å². The summed E-state index contributed by atoms with van der Waals surface area (Å²) < 4.78 is 12.3. The summed E-state index contributed by atoms with van der Waals surface area (Å²) in [6, 6.07) is 14.0. The standard InChI is InChI=1S/C25H27N3O6/c1-4-17-22(23(30)24(26)31)21-18(28(17)13-16-9-6-5-7-10-16)11-8-12-19(21)34-14-20(29)27-15(2)25(32)33-3/h5-12,15H,4,13-14H2,1-3H3,(H2,26,31)(H,27,29)/t15-/m0/s1. The molecule has 0 aliphatic heterocycles. The maximum absolute atomic E-state index is 12.9. The minimum absolute atomic E-state index is 0.167. The minimum atomic E-state index is -1.08. The SMILES string of the molecule is CCc1c(C(=O)C(N)=O)c2c(OCC(=O)N[C@@H](C)C(=O)OC)cccc2n1Cc1ccccc1. The van der Waals surface area contributed by atoms with Crippen LogP contribution in [-0.2, 0) is 32.1 Å². The number of primary amides is 1. The van der Waals surface area contributed by atoms with Gasteiger partial charge < -0.3 is 25.1 Å². The Morgan fingerprint density at radius 2 is 1.76 bits per heavy atom. The molecule has 1 heterocycles. The third kappa shape index (κ3) is 5.09. The van der Waals surface area contributed by atoms with Crippen LogP contribution >= 0.6 is 0 Å². The van der Waals surface area contributed by atoms with Gasteiger partial charge in [0.25, 0.3) is 17.6 Å². The van der Waals surface area contributed by atoms with Gasteiger partial charge in [-0.2, -0.15) is 0 Å². The average molecular weight is 466 g/mol. The number of fused-ring (bicyclic) bond motifs is 1. The summed E-state index contributed by atoms with van der Waals surface area (Å²) >= 11 is 0. The molecule has 2 amide bonds. The van der Waals surface area contributed by atoms with Crippen molar-refractivity contribution in [1.29, 1.82) is 0 Å². The molecule has 0 aliphatic rings. The van der Waals surface area contributed by atoms with Gasteiger partial charge in [0.2, 0.25) is 0 Å². The van der Waals surface area contributed by atoms with Gasteiger partial charge in [-0.05, 0) is 31.0 Å². The van der Waals surface area contributed by atoms with Crippen LogP contribution in [0.4, 0.5) is 0 Å². The van der Waals surface area contributed by atoms with Crippen molar-refractivity contribution in [2.45, 2.75) is 32.9 Å². The highest BCUT2D eigenvalue weighted by molar-refractivity contribution is 6.45. The number of aromatic nitrogens is 1. The quantitative estimate of drug-likeness (QED) is 0.268. The molecule has 1 aromatic heterocycles. The van der Waals surface area contributed by atoms with Crippen LogP contribution in [0.2, 0.25) is 0 Å². The Bertz CT molecular complexity index is 1230. The Labute approximate surface area is 196 Å². The zero-order valence-corrected chi connectivity index (χ0v) is 19.3. The predicted molar refractivity (Wildman–Crippen MR) is 126 cm³/mol. The molecule has 3 aromatic rings. The summed E-state index contributed by atoms with van der Waals surface area (Å²) in [5.74, 6) is -2.78. The number of nitrogens with zero attached hydrogens (tertiary/aromatic N) is 1. The van der Waals surface area contributed by atoms with Crippen LogP contribution in [0.15, 0.2) is 48.5 Å². The van der Waals surface area contributed by atoms with Crippen LogP contribution in [-0.4, -0.2) is 47.9 Å². The van der Waals surface area contributed by atoms with Crippen LogP contribution in [0.3, 0.4) is 0 Å². The molecule has 1 atom stereocenters. The number of hydrogen-bond donors (Lipinski definition) is 2. The van der Waals surface area contributed by atoms with Crippen LogP contribution in [0.5, 0.6) is 5.75 Å². The number of benzene rings is 2. The van der Waals surface area contributed by atoms with Crippen molar-refractivity contribution in [3.8, 4) is 5.75 Å². The van der Waals surface area contributed by atoms with E-state index < -0.39 is 36.2 Å². The second-order valence-electron chi connectivity index (χ2n) is 7.69. The zero-order valence-electron chi connectivity index (χ0n) is 19.3. The van der Waals surface area contributed by atoms with Gasteiger partial charge in [-0.1, -0.05) is 43.3 Å². The van der Waals surface area contributed by atoms with E-state index in [1.54, 1.807) is 12.1 Å². The number of nitrogens with one attached hydrogen (secondary N) is 1. The third-order valence-corrected chi connectivity index (χ3v) is 5.42. The molecule has 9 nitrogen and oxygen atoms in total. The second-order valence-corrected chi connectivity index (χ2v) is 7.69. The lowest BCUT2D eigenvalue weighted by molar-refractivity contribution is -0.144. The van der Waals surface area contributed by atoms with E-state index in [-0.39, 0.29) is 11.3 Å². The maximum atomic E-state index is 12.9. The number of esters is 1. The Kier molecular flexibility index (Phi) is 7.68. The predicted octanol–water partition coefficient (Wildman–Crippen LogP) is 1.98. The largest absolute Gasteiger partial charge is 0.483 e. The minimum Gasteiger partial charge on any atom is -0.483 e. The fourth-order valence-electron chi connectivity index (χ4n) is 3.88. The average Bonchev–Trinajstić information content (AvgIpc) is 3.15. The molecule has 3 rings (SSSR count). The van der Waals surface area contributed by atoms with Crippen molar-refractivity contribution in [1.82, 2.24) is 9.88 Å². The van der Waals surface area contributed by atoms with Crippen LogP contribution in [0.25, 0.3) is 10.9 Å². The summed E-state index contributed by atoms with van der Waals surface area (Å²) in [4.78, 5) is 48.6. The number of carbonyl (C=O) groups is 4. The fraction of sp³-hybridized carbons (Fsp3) is 0.280. The lowest BCUT2D eigenvalue weighted by atomic mass is 10.0. The normalized spacial score (nSPS) is 11.6. The van der Waals surface area contributed by atoms with E-state index in [0.29, 0.717) is 29.6 Å². The molecule has 0 fully saturated rings. The van der Waals surface area contributed by atoms with Gasteiger partial charge in [0.1, 0.15) is 11.8 Å². The Morgan fingerprint density at radius 3 is 2.38 bits per heavy atom. The first-order chi connectivity index (χ1) is 16.3. The van der Waals surface area contributed by atoms with E-state index in [1.807, 2.05) is 47.9 Å². The number of ketones is 1. The van der Waals surface area contributed by atoms with Gasteiger partial charge in [-0.3, -0.25) is 14.4 Å². The van der Waals surface area contributed by atoms with E-state index in [1.165, 1.54) is 14.0 Å². The van der Waals surface area contributed by atoms with E-state index in [0.717, 1.165) is 5.56 Å². The number of Topliss-reactive ketones (excluding diaryl/α,β-unsaturated/α-hetero) is 1. The third-order valence-electron chi connectivity index (χ3n) is 5.42. The molecule has 9 heteroatoms. The summed E-state index contributed by atoms with van der Waals surface area (Å²) in [6.07, 6.45) is 0.465. The molecule has 34 heavy (non-hydrogen) atoms. The van der Waals surface area contributed by atoms with Crippen molar-refractivity contribution < 1.29 is 28.7 Å². The molecule has 3 N–H and O–H groups in total. The number of amides is 2. The van der Waals surface area contributed by atoms with Crippen LogP contribution in [0, 0.1) is 0 Å². The highest BCUT2D eigenvalue weighted by atomic mass is 16.5. The molecule has 2 aromatic carbocycles.